The summed E-state index contributed by atoms with van der Waals surface area (Å²) in [5.41, 5.74) is 3.14. The van der Waals surface area contributed by atoms with E-state index in [2.05, 4.69) is 29.6 Å². The molecule has 0 amide bonds. The van der Waals surface area contributed by atoms with Crippen LogP contribution in [0.1, 0.15) is 42.2 Å². The van der Waals surface area contributed by atoms with Gasteiger partial charge in [0.05, 0.1) is 6.61 Å². The fourth-order valence-electron chi connectivity index (χ4n) is 2.80. The van der Waals surface area contributed by atoms with Gasteiger partial charge in [0.15, 0.2) is 0 Å². The molecule has 2 heteroatoms. The van der Waals surface area contributed by atoms with E-state index in [1.807, 2.05) is 0 Å². The van der Waals surface area contributed by atoms with Gasteiger partial charge in [-0.15, -0.1) is 0 Å². The second-order valence-corrected chi connectivity index (χ2v) is 5.74. The zero-order valence-electron chi connectivity index (χ0n) is 11.2. The fraction of sp³-hybridized carbons (Fsp3) is 0.625. The Kier molecular flexibility index (Phi) is 3.67. The molecule has 2 nitrogen and oxygen atoms in total. The van der Waals surface area contributed by atoms with E-state index in [0.29, 0.717) is 0 Å². The SMILES string of the molecule is COCCNCC1CC1c1cccc(C2CC2)c1. The lowest BCUT2D eigenvalue weighted by Gasteiger charge is -2.05. The molecule has 1 N–H and O–H groups in total. The van der Waals surface area contributed by atoms with Crippen molar-refractivity contribution in [3.8, 4) is 0 Å². The molecule has 2 saturated carbocycles. The van der Waals surface area contributed by atoms with E-state index < -0.39 is 0 Å². The van der Waals surface area contributed by atoms with Crippen molar-refractivity contribution in [2.45, 2.75) is 31.1 Å². The van der Waals surface area contributed by atoms with Crippen molar-refractivity contribution in [3.63, 3.8) is 0 Å². The molecule has 0 bridgehead atoms. The normalized spacial score (nSPS) is 26.3. The molecular formula is C16H23NO. The summed E-state index contributed by atoms with van der Waals surface area (Å²) in [5.74, 6) is 2.53. The summed E-state index contributed by atoms with van der Waals surface area (Å²) in [4.78, 5) is 0. The third kappa shape index (κ3) is 2.93. The lowest BCUT2D eigenvalue weighted by molar-refractivity contribution is 0.199. The van der Waals surface area contributed by atoms with Gasteiger partial charge in [-0.05, 0) is 54.7 Å². The van der Waals surface area contributed by atoms with Gasteiger partial charge in [-0.25, -0.2) is 0 Å². The first-order chi connectivity index (χ1) is 8.88. The maximum absolute atomic E-state index is 5.04. The number of methoxy groups -OCH3 is 1. The number of nitrogens with one attached hydrogen (secondary N) is 1. The van der Waals surface area contributed by atoms with Crippen molar-refractivity contribution in [2.24, 2.45) is 5.92 Å². The first-order valence-electron chi connectivity index (χ1n) is 7.18. The van der Waals surface area contributed by atoms with Gasteiger partial charge in [0.1, 0.15) is 0 Å². The predicted molar refractivity (Wildman–Crippen MR) is 74.0 cm³/mol. The van der Waals surface area contributed by atoms with Crippen LogP contribution in [0.2, 0.25) is 0 Å². The molecular weight excluding hydrogens is 222 g/mol. The summed E-state index contributed by atoms with van der Waals surface area (Å²) >= 11 is 0. The van der Waals surface area contributed by atoms with Crippen LogP contribution < -0.4 is 5.32 Å². The number of hydrogen-bond acceptors (Lipinski definition) is 2. The Hall–Kier alpha value is -0.860. The van der Waals surface area contributed by atoms with E-state index >= 15 is 0 Å². The van der Waals surface area contributed by atoms with Gasteiger partial charge >= 0.3 is 0 Å². The molecule has 0 saturated heterocycles. The molecule has 2 aliphatic rings. The molecule has 0 aliphatic heterocycles. The van der Waals surface area contributed by atoms with Gasteiger partial charge in [0, 0.05) is 13.7 Å². The minimum Gasteiger partial charge on any atom is -0.383 e. The van der Waals surface area contributed by atoms with E-state index in [-0.39, 0.29) is 0 Å². The summed E-state index contributed by atoms with van der Waals surface area (Å²) in [6, 6.07) is 9.31. The summed E-state index contributed by atoms with van der Waals surface area (Å²) in [6.07, 6.45) is 4.15. The summed E-state index contributed by atoms with van der Waals surface area (Å²) < 4.78 is 5.04. The molecule has 0 aromatic heterocycles. The van der Waals surface area contributed by atoms with E-state index in [9.17, 15) is 0 Å². The van der Waals surface area contributed by atoms with Crippen molar-refractivity contribution in [2.75, 3.05) is 26.8 Å². The van der Waals surface area contributed by atoms with Gasteiger partial charge < -0.3 is 10.1 Å². The zero-order chi connectivity index (χ0) is 12.4. The smallest absolute Gasteiger partial charge is 0.0587 e. The minimum atomic E-state index is 0.804. The molecule has 98 valence electrons. The fourth-order valence-corrected chi connectivity index (χ4v) is 2.80. The molecule has 0 heterocycles. The van der Waals surface area contributed by atoms with E-state index in [4.69, 9.17) is 4.74 Å². The van der Waals surface area contributed by atoms with E-state index in [1.165, 1.54) is 19.3 Å². The standard InChI is InChI=1S/C16H23NO/c1-18-8-7-17-11-15-10-16(15)14-4-2-3-13(9-14)12-5-6-12/h2-4,9,12,15-17H,5-8,10-11H2,1H3. The first kappa shape index (κ1) is 12.2. The topological polar surface area (TPSA) is 21.3 Å². The lowest BCUT2D eigenvalue weighted by atomic mass is 10.0. The van der Waals surface area contributed by atoms with Crippen molar-refractivity contribution >= 4 is 0 Å². The monoisotopic (exact) mass is 245 g/mol. The highest BCUT2D eigenvalue weighted by Gasteiger charge is 2.38. The van der Waals surface area contributed by atoms with E-state index in [0.717, 1.165) is 37.5 Å². The van der Waals surface area contributed by atoms with Gasteiger partial charge in [-0.3, -0.25) is 0 Å². The summed E-state index contributed by atoms with van der Waals surface area (Å²) in [6.45, 7) is 2.93. The van der Waals surface area contributed by atoms with Crippen LogP contribution >= 0.6 is 0 Å². The average molecular weight is 245 g/mol. The molecule has 3 rings (SSSR count). The van der Waals surface area contributed by atoms with Crippen LogP contribution in [-0.2, 0) is 4.74 Å². The van der Waals surface area contributed by atoms with Crippen LogP contribution in [0, 0.1) is 5.92 Å². The molecule has 0 spiro atoms. The number of ether oxygens (including phenoxy) is 1. The van der Waals surface area contributed by atoms with Gasteiger partial charge in [-0.2, -0.15) is 0 Å². The Morgan fingerprint density at radius 2 is 2.11 bits per heavy atom. The van der Waals surface area contributed by atoms with Crippen LogP contribution in [0.5, 0.6) is 0 Å². The predicted octanol–water partition coefficient (Wildman–Crippen LogP) is 2.90. The minimum absolute atomic E-state index is 0.804. The molecule has 1 aromatic carbocycles. The Balaban J connectivity index is 1.49. The van der Waals surface area contributed by atoms with Crippen molar-refractivity contribution in [1.29, 1.82) is 0 Å². The quantitative estimate of drug-likeness (QED) is 0.746. The van der Waals surface area contributed by atoms with E-state index in [1.54, 1.807) is 18.2 Å². The Labute approximate surface area is 110 Å². The third-order valence-corrected chi connectivity index (χ3v) is 4.20. The highest BCUT2D eigenvalue weighted by Crippen LogP contribution is 2.48. The van der Waals surface area contributed by atoms with Gasteiger partial charge in [-0.1, -0.05) is 24.3 Å². The maximum Gasteiger partial charge on any atom is 0.0587 e. The summed E-state index contributed by atoms with van der Waals surface area (Å²) in [7, 11) is 1.75. The first-order valence-corrected chi connectivity index (χ1v) is 7.18. The summed E-state index contributed by atoms with van der Waals surface area (Å²) in [5, 5.41) is 3.47. The molecule has 2 unspecified atom stereocenters. The van der Waals surface area contributed by atoms with Crippen LogP contribution in [-0.4, -0.2) is 26.8 Å². The number of hydrogen-bond donors (Lipinski definition) is 1. The molecule has 2 aliphatic carbocycles. The Morgan fingerprint density at radius 1 is 1.28 bits per heavy atom. The molecule has 2 fully saturated rings. The Morgan fingerprint density at radius 3 is 2.89 bits per heavy atom. The van der Waals surface area contributed by atoms with Gasteiger partial charge in [0.25, 0.3) is 0 Å². The van der Waals surface area contributed by atoms with Crippen LogP contribution in [0.25, 0.3) is 0 Å². The second kappa shape index (κ2) is 5.41. The number of rotatable bonds is 7. The van der Waals surface area contributed by atoms with Crippen molar-refractivity contribution < 1.29 is 4.74 Å². The average Bonchev–Trinajstić information content (AvgIpc) is 3.29. The van der Waals surface area contributed by atoms with Crippen molar-refractivity contribution in [3.05, 3.63) is 35.4 Å². The van der Waals surface area contributed by atoms with Crippen LogP contribution in [0.4, 0.5) is 0 Å². The van der Waals surface area contributed by atoms with Crippen molar-refractivity contribution in [1.82, 2.24) is 5.32 Å². The van der Waals surface area contributed by atoms with Crippen LogP contribution in [0.3, 0.4) is 0 Å². The molecule has 18 heavy (non-hydrogen) atoms. The number of benzene rings is 1. The highest BCUT2D eigenvalue weighted by molar-refractivity contribution is 5.34. The third-order valence-electron chi connectivity index (χ3n) is 4.20. The highest BCUT2D eigenvalue weighted by atomic mass is 16.5. The molecule has 1 aromatic rings. The maximum atomic E-state index is 5.04. The second-order valence-electron chi connectivity index (χ2n) is 5.74. The lowest BCUT2D eigenvalue weighted by Crippen LogP contribution is -2.21. The molecule has 2 atom stereocenters. The Bertz CT molecular complexity index is 400. The van der Waals surface area contributed by atoms with Crippen LogP contribution in [0.15, 0.2) is 24.3 Å². The zero-order valence-corrected chi connectivity index (χ0v) is 11.2. The molecule has 0 radical (unpaired) electrons. The van der Waals surface area contributed by atoms with Gasteiger partial charge in [0.2, 0.25) is 0 Å². The largest absolute Gasteiger partial charge is 0.383 e.